The van der Waals surface area contributed by atoms with Crippen LogP contribution in [-0.2, 0) is 11.5 Å². The Morgan fingerprint density at radius 2 is 1.97 bits per heavy atom. The maximum atomic E-state index is 6.21. The van der Waals surface area contributed by atoms with Crippen LogP contribution in [0, 0.1) is 0 Å². The van der Waals surface area contributed by atoms with Crippen molar-refractivity contribution in [3.63, 3.8) is 0 Å². The molecule has 9 heteroatoms. The Morgan fingerprint density at radius 1 is 1.12 bits per heavy atom. The van der Waals surface area contributed by atoms with E-state index in [0.717, 1.165) is 73.2 Å². The van der Waals surface area contributed by atoms with Gasteiger partial charge >= 0.3 is 0 Å². The summed E-state index contributed by atoms with van der Waals surface area (Å²) in [5, 5.41) is 5.78. The van der Waals surface area contributed by atoms with Gasteiger partial charge in [-0.25, -0.2) is 14.6 Å². The molecule has 0 aliphatic carbocycles. The summed E-state index contributed by atoms with van der Waals surface area (Å²) in [5.41, 5.74) is 8.93. The molecule has 0 unspecified atom stereocenters. The normalized spacial score (nSPS) is 15.9. The van der Waals surface area contributed by atoms with E-state index in [1.807, 2.05) is 10.9 Å². The van der Waals surface area contributed by atoms with Gasteiger partial charge in [0.2, 0.25) is 0 Å². The minimum Gasteiger partial charge on any atom is -0.381 e. The third-order valence-corrected chi connectivity index (χ3v) is 7.57. The summed E-state index contributed by atoms with van der Waals surface area (Å²) in [6.45, 7) is 12.3. The highest BCUT2D eigenvalue weighted by Gasteiger charge is 2.18. The SMILES string of the molecule is CN1CCCN(c2nc(-c3ccc4cn(COCC[Si](C)(C)C)nc4c3)cnc2N)CC1. The molecule has 4 rings (SSSR count). The number of nitrogens with two attached hydrogens (primary N) is 1. The third kappa shape index (κ3) is 5.65. The average Bonchev–Trinajstić information content (AvgIpc) is 3.03. The molecule has 1 aromatic carbocycles. The minimum absolute atomic E-state index is 0.476. The third-order valence-electron chi connectivity index (χ3n) is 5.87. The molecule has 0 spiro atoms. The van der Waals surface area contributed by atoms with Gasteiger partial charge in [-0.2, -0.15) is 5.10 Å². The number of fused-ring (bicyclic) bond motifs is 1. The molecule has 0 atom stereocenters. The Bertz CT molecular complexity index is 1060. The highest BCUT2D eigenvalue weighted by Crippen LogP contribution is 2.27. The molecule has 3 aromatic rings. The first kappa shape index (κ1) is 22.7. The number of hydrogen-bond acceptors (Lipinski definition) is 7. The molecule has 0 amide bonds. The van der Waals surface area contributed by atoms with Crippen LogP contribution in [0.4, 0.5) is 11.6 Å². The Labute approximate surface area is 191 Å². The van der Waals surface area contributed by atoms with Crippen molar-refractivity contribution in [2.45, 2.75) is 38.8 Å². The van der Waals surface area contributed by atoms with Crippen molar-refractivity contribution in [3.05, 3.63) is 30.6 Å². The summed E-state index contributed by atoms with van der Waals surface area (Å²) in [6.07, 6.45) is 4.87. The van der Waals surface area contributed by atoms with E-state index >= 15 is 0 Å². The smallest absolute Gasteiger partial charge is 0.172 e. The Balaban J connectivity index is 1.51. The van der Waals surface area contributed by atoms with Gasteiger partial charge in [0.1, 0.15) is 6.73 Å². The number of benzene rings is 1. The second-order valence-electron chi connectivity index (χ2n) is 9.90. The molecule has 1 saturated heterocycles. The maximum Gasteiger partial charge on any atom is 0.172 e. The summed E-state index contributed by atoms with van der Waals surface area (Å²) < 4.78 is 7.71. The standard InChI is InChI=1S/C23H35N7OSi/c1-28-8-5-9-29(11-10-28)23-22(24)25-15-21(26-23)18-6-7-19-16-30(27-20(19)14-18)17-31-12-13-32(2,3)4/h6-7,14-16H,5,8-13,17H2,1-4H3,(H2,24,25). The first-order chi connectivity index (χ1) is 15.3. The van der Waals surface area contributed by atoms with E-state index in [-0.39, 0.29) is 0 Å². The van der Waals surface area contributed by atoms with Crippen molar-refractivity contribution in [2.75, 3.05) is 50.5 Å². The molecule has 1 aliphatic heterocycles. The molecule has 1 fully saturated rings. The fourth-order valence-corrected chi connectivity index (χ4v) is 4.60. The highest BCUT2D eigenvalue weighted by atomic mass is 28.3. The van der Waals surface area contributed by atoms with E-state index < -0.39 is 8.07 Å². The number of ether oxygens (including phenoxy) is 1. The summed E-state index contributed by atoms with van der Waals surface area (Å²) in [5.74, 6) is 1.26. The molecule has 3 heterocycles. The van der Waals surface area contributed by atoms with Crippen LogP contribution in [0.3, 0.4) is 0 Å². The number of hydrogen-bond donors (Lipinski definition) is 1. The average molecular weight is 454 g/mol. The number of aromatic nitrogens is 4. The number of likely N-dealkylation sites (N-methyl/N-ethyl adjacent to an activating group) is 1. The quantitative estimate of drug-likeness (QED) is 0.433. The van der Waals surface area contributed by atoms with Crippen LogP contribution in [0.15, 0.2) is 30.6 Å². The summed E-state index contributed by atoms with van der Waals surface area (Å²) >= 11 is 0. The van der Waals surface area contributed by atoms with Gasteiger partial charge in [-0.15, -0.1) is 0 Å². The van der Waals surface area contributed by atoms with Crippen molar-refractivity contribution in [1.82, 2.24) is 24.6 Å². The Hall–Kier alpha value is -2.49. The van der Waals surface area contributed by atoms with Gasteiger partial charge < -0.3 is 20.3 Å². The van der Waals surface area contributed by atoms with E-state index in [2.05, 4.69) is 59.7 Å². The van der Waals surface area contributed by atoms with Crippen LogP contribution in [0.1, 0.15) is 6.42 Å². The van der Waals surface area contributed by atoms with E-state index in [1.165, 1.54) is 0 Å². The molecule has 0 saturated carbocycles. The van der Waals surface area contributed by atoms with Gasteiger partial charge in [0, 0.05) is 51.5 Å². The van der Waals surface area contributed by atoms with Gasteiger partial charge in [0.05, 0.1) is 17.4 Å². The molecule has 2 aromatic heterocycles. The lowest BCUT2D eigenvalue weighted by Crippen LogP contribution is -2.30. The van der Waals surface area contributed by atoms with Crippen LogP contribution in [0.25, 0.3) is 22.2 Å². The number of nitrogens with zero attached hydrogens (tertiary/aromatic N) is 6. The van der Waals surface area contributed by atoms with Crippen molar-refractivity contribution < 1.29 is 4.74 Å². The van der Waals surface area contributed by atoms with Crippen LogP contribution in [0.2, 0.25) is 25.7 Å². The van der Waals surface area contributed by atoms with Crippen molar-refractivity contribution in [3.8, 4) is 11.3 Å². The second-order valence-corrected chi connectivity index (χ2v) is 15.5. The van der Waals surface area contributed by atoms with Crippen molar-refractivity contribution in [2.24, 2.45) is 0 Å². The Kier molecular flexibility index (Phi) is 6.78. The second kappa shape index (κ2) is 9.56. The lowest BCUT2D eigenvalue weighted by atomic mass is 10.1. The number of nitrogen functional groups attached to an aromatic ring is 1. The largest absolute Gasteiger partial charge is 0.381 e. The van der Waals surface area contributed by atoms with E-state index in [0.29, 0.717) is 12.5 Å². The number of rotatable bonds is 7. The van der Waals surface area contributed by atoms with Gasteiger partial charge in [-0.05, 0) is 32.1 Å². The zero-order valence-corrected chi connectivity index (χ0v) is 20.7. The molecule has 172 valence electrons. The molecular weight excluding hydrogens is 418 g/mol. The molecule has 32 heavy (non-hydrogen) atoms. The van der Waals surface area contributed by atoms with Gasteiger partial charge in [-0.3, -0.25) is 0 Å². The van der Waals surface area contributed by atoms with Crippen LogP contribution < -0.4 is 10.6 Å². The molecule has 2 N–H and O–H groups in total. The predicted octanol–water partition coefficient (Wildman–Crippen LogP) is 3.53. The molecular formula is C23H35N7OSi. The van der Waals surface area contributed by atoms with Crippen LogP contribution in [-0.4, -0.2) is 72.6 Å². The summed E-state index contributed by atoms with van der Waals surface area (Å²) in [7, 11) is 1.07. The summed E-state index contributed by atoms with van der Waals surface area (Å²) in [4.78, 5) is 13.9. The van der Waals surface area contributed by atoms with Crippen molar-refractivity contribution in [1.29, 1.82) is 0 Å². The lowest BCUT2D eigenvalue weighted by Gasteiger charge is -2.23. The first-order valence-electron chi connectivity index (χ1n) is 11.4. The first-order valence-corrected chi connectivity index (χ1v) is 15.1. The number of anilines is 2. The molecule has 0 bridgehead atoms. The fraction of sp³-hybridized carbons (Fsp3) is 0.522. The van der Waals surface area contributed by atoms with Gasteiger partial charge in [0.15, 0.2) is 11.6 Å². The molecule has 1 aliphatic rings. The highest BCUT2D eigenvalue weighted by molar-refractivity contribution is 6.76. The molecule has 0 radical (unpaired) electrons. The van der Waals surface area contributed by atoms with E-state index in [9.17, 15) is 0 Å². The minimum atomic E-state index is -1.08. The van der Waals surface area contributed by atoms with E-state index in [4.69, 9.17) is 20.6 Å². The maximum absolute atomic E-state index is 6.21. The Morgan fingerprint density at radius 3 is 2.78 bits per heavy atom. The fourth-order valence-electron chi connectivity index (χ4n) is 3.85. The summed E-state index contributed by atoms with van der Waals surface area (Å²) in [6, 6.07) is 7.37. The topological polar surface area (TPSA) is 85.3 Å². The monoisotopic (exact) mass is 453 g/mol. The molecule has 8 nitrogen and oxygen atoms in total. The lowest BCUT2D eigenvalue weighted by molar-refractivity contribution is 0.0791. The van der Waals surface area contributed by atoms with E-state index in [1.54, 1.807) is 6.20 Å². The zero-order valence-electron chi connectivity index (χ0n) is 19.7. The van der Waals surface area contributed by atoms with Gasteiger partial charge in [0.25, 0.3) is 0 Å². The van der Waals surface area contributed by atoms with Crippen molar-refractivity contribution >= 4 is 30.6 Å². The van der Waals surface area contributed by atoms with Gasteiger partial charge in [-0.1, -0.05) is 31.8 Å². The van der Waals surface area contributed by atoms with Crippen LogP contribution >= 0.6 is 0 Å². The van der Waals surface area contributed by atoms with Crippen LogP contribution in [0.5, 0.6) is 0 Å². The zero-order chi connectivity index (χ0) is 22.7. The predicted molar refractivity (Wildman–Crippen MR) is 134 cm³/mol.